The van der Waals surface area contributed by atoms with Crippen LogP contribution in [0.15, 0.2) is 18.2 Å². The molecule has 2 aliphatic heterocycles. The minimum Gasteiger partial charge on any atom is -0.494 e. The normalized spacial score (nSPS) is 16.9. The summed E-state index contributed by atoms with van der Waals surface area (Å²) in [5.74, 6) is -0.248. The van der Waals surface area contributed by atoms with Crippen LogP contribution in [0.4, 0.5) is 10.7 Å². The standard InChI is InChI=1S/C30H43N9O4/c1-5-39-23(16-20(2)35-39)27(41)34-28-33-22-17-21(26(31)40)18-24(43-4)25(22)38(28)13-7-11-32-29(42)37-12-6-8-30(19-37)9-14-36(3)15-10-30/h16-18H,5-15,19H2,1-4H3,(H2,31,40)(H,32,42)(H,33,34,41). The number of methoxy groups -OCH3 is 1. The van der Waals surface area contributed by atoms with E-state index in [4.69, 9.17) is 10.5 Å². The van der Waals surface area contributed by atoms with E-state index in [0.717, 1.165) is 51.1 Å². The fourth-order valence-electron chi connectivity index (χ4n) is 6.40. The third-order valence-electron chi connectivity index (χ3n) is 8.80. The number of imidazole rings is 1. The van der Waals surface area contributed by atoms with E-state index in [9.17, 15) is 14.4 Å². The van der Waals surface area contributed by atoms with Crippen molar-refractivity contribution in [3.63, 3.8) is 0 Å². The van der Waals surface area contributed by atoms with Crippen LogP contribution in [0.2, 0.25) is 0 Å². The molecule has 3 aromatic rings. The molecule has 4 heterocycles. The molecule has 0 unspecified atom stereocenters. The van der Waals surface area contributed by atoms with Crippen molar-refractivity contribution < 1.29 is 19.1 Å². The molecule has 1 aromatic carbocycles. The van der Waals surface area contributed by atoms with Gasteiger partial charge in [0, 0.05) is 38.3 Å². The molecular formula is C30H43N9O4. The van der Waals surface area contributed by atoms with Gasteiger partial charge < -0.3 is 30.2 Å². The van der Waals surface area contributed by atoms with Gasteiger partial charge in [0.05, 0.1) is 18.3 Å². The molecule has 13 nitrogen and oxygen atoms in total. The van der Waals surface area contributed by atoms with E-state index >= 15 is 0 Å². The Balaban J connectivity index is 1.31. The molecule has 0 saturated carbocycles. The van der Waals surface area contributed by atoms with Gasteiger partial charge in [-0.3, -0.25) is 19.6 Å². The molecule has 2 saturated heterocycles. The minimum absolute atomic E-state index is 0.0334. The highest BCUT2D eigenvalue weighted by atomic mass is 16.5. The fourth-order valence-corrected chi connectivity index (χ4v) is 6.40. The van der Waals surface area contributed by atoms with Gasteiger partial charge in [-0.1, -0.05) is 0 Å². The van der Waals surface area contributed by atoms with Crippen LogP contribution in [0, 0.1) is 12.3 Å². The summed E-state index contributed by atoms with van der Waals surface area (Å²) in [7, 11) is 3.67. The van der Waals surface area contributed by atoms with Gasteiger partial charge in [-0.15, -0.1) is 0 Å². The van der Waals surface area contributed by atoms with Crippen LogP contribution in [0.25, 0.3) is 11.0 Å². The lowest BCUT2D eigenvalue weighted by Gasteiger charge is -2.47. The number of carbonyl (C=O) groups excluding carboxylic acids is 3. The quantitative estimate of drug-likeness (QED) is 0.323. The molecule has 2 fully saturated rings. The Morgan fingerprint density at radius 2 is 1.88 bits per heavy atom. The summed E-state index contributed by atoms with van der Waals surface area (Å²) < 4.78 is 9.09. The van der Waals surface area contributed by atoms with E-state index in [0.29, 0.717) is 54.5 Å². The molecule has 232 valence electrons. The molecule has 2 aliphatic rings. The number of hydrogen-bond acceptors (Lipinski definition) is 7. The van der Waals surface area contributed by atoms with E-state index in [1.54, 1.807) is 22.9 Å². The molecule has 13 heteroatoms. The average Bonchev–Trinajstić information content (AvgIpc) is 3.55. The summed E-state index contributed by atoms with van der Waals surface area (Å²) in [6, 6.07) is 4.85. The molecule has 4 amide bonds. The number of ether oxygens (including phenoxy) is 1. The number of piperidine rings is 2. The van der Waals surface area contributed by atoms with Crippen molar-refractivity contribution in [2.45, 2.75) is 59.0 Å². The molecule has 0 radical (unpaired) electrons. The lowest BCUT2D eigenvalue weighted by molar-refractivity contribution is 0.0457. The SMILES string of the molecule is CCn1nc(C)cc1C(=O)Nc1nc2cc(C(N)=O)cc(OC)c2n1CCCNC(=O)N1CCCC2(CCN(C)CC2)C1. The van der Waals surface area contributed by atoms with Gasteiger partial charge in [-0.05, 0) is 89.7 Å². The Kier molecular flexibility index (Phi) is 8.90. The number of benzene rings is 1. The van der Waals surface area contributed by atoms with Crippen molar-refractivity contribution >= 4 is 34.8 Å². The number of urea groups is 1. The summed E-state index contributed by atoms with van der Waals surface area (Å²) in [5, 5.41) is 10.4. The number of nitrogens with zero attached hydrogens (tertiary/aromatic N) is 6. The van der Waals surface area contributed by atoms with Crippen LogP contribution < -0.4 is 21.1 Å². The Hall–Kier alpha value is -4.13. The van der Waals surface area contributed by atoms with Gasteiger partial charge in [0.15, 0.2) is 0 Å². The van der Waals surface area contributed by atoms with Crippen molar-refractivity contribution in [1.82, 2.24) is 34.4 Å². The summed E-state index contributed by atoms with van der Waals surface area (Å²) in [6.07, 6.45) is 5.06. The number of carbonyl (C=O) groups is 3. The van der Waals surface area contributed by atoms with E-state index < -0.39 is 5.91 Å². The second-order valence-corrected chi connectivity index (χ2v) is 11.9. The summed E-state index contributed by atoms with van der Waals surface area (Å²) >= 11 is 0. The van der Waals surface area contributed by atoms with Crippen molar-refractivity contribution in [2.24, 2.45) is 11.1 Å². The molecule has 1 spiro atoms. The highest BCUT2D eigenvalue weighted by molar-refractivity contribution is 6.04. The third kappa shape index (κ3) is 6.46. The van der Waals surface area contributed by atoms with E-state index in [-0.39, 0.29) is 22.9 Å². The number of nitrogens with two attached hydrogens (primary N) is 1. The van der Waals surface area contributed by atoms with Gasteiger partial charge in [-0.25, -0.2) is 9.78 Å². The highest BCUT2D eigenvalue weighted by Gasteiger charge is 2.39. The number of likely N-dealkylation sites (tertiary alicyclic amines) is 2. The number of aromatic nitrogens is 4. The van der Waals surface area contributed by atoms with Crippen molar-refractivity contribution in [3.8, 4) is 5.75 Å². The lowest BCUT2D eigenvalue weighted by Crippen LogP contribution is -2.53. The topological polar surface area (TPSA) is 153 Å². The third-order valence-corrected chi connectivity index (χ3v) is 8.80. The van der Waals surface area contributed by atoms with Gasteiger partial charge in [-0.2, -0.15) is 5.10 Å². The summed E-state index contributed by atoms with van der Waals surface area (Å²) in [4.78, 5) is 47.4. The Bertz CT molecular complexity index is 1500. The zero-order chi connectivity index (χ0) is 30.7. The van der Waals surface area contributed by atoms with Gasteiger partial charge in [0.1, 0.15) is 17.0 Å². The zero-order valence-electron chi connectivity index (χ0n) is 25.6. The van der Waals surface area contributed by atoms with Crippen molar-refractivity contribution in [1.29, 1.82) is 0 Å². The van der Waals surface area contributed by atoms with Gasteiger partial charge >= 0.3 is 6.03 Å². The maximum Gasteiger partial charge on any atom is 0.317 e. The molecule has 0 aliphatic carbocycles. The molecule has 0 atom stereocenters. The van der Waals surface area contributed by atoms with Crippen LogP contribution in [-0.4, -0.2) is 93.9 Å². The second kappa shape index (κ2) is 12.6. The molecule has 4 N–H and O–H groups in total. The first-order valence-corrected chi connectivity index (χ1v) is 15.1. The van der Waals surface area contributed by atoms with Crippen LogP contribution in [-0.2, 0) is 13.1 Å². The number of aryl methyl sites for hydroxylation is 3. The largest absolute Gasteiger partial charge is 0.494 e. The molecule has 2 aromatic heterocycles. The number of rotatable bonds is 9. The predicted octanol–water partition coefficient (Wildman–Crippen LogP) is 2.83. The highest BCUT2D eigenvalue weighted by Crippen LogP contribution is 2.39. The average molecular weight is 594 g/mol. The smallest absolute Gasteiger partial charge is 0.317 e. The van der Waals surface area contributed by atoms with Gasteiger partial charge in [0.25, 0.3) is 5.91 Å². The number of amides is 4. The van der Waals surface area contributed by atoms with Gasteiger partial charge in [0.2, 0.25) is 11.9 Å². The molecule has 0 bridgehead atoms. The number of hydrogen-bond donors (Lipinski definition) is 3. The Morgan fingerprint density at radius 3 is 2.58 bits per heavy atom. The molecule has 43 heavy (non-hydrogen) atoms. The van der Waals surface area contributed by atoms with E-state index in [2.05, 4.69) is 32.7 Å². The Morgan fingerprint density at radius 1 is 1.12 bits per heavy atom. The first-order chi connectivity index (χ1) is 20.6. The predicted molar refractivity (Wildman–Crippen MR) is 163 cm³/mol. The first-order valence-electron chi connectivity index (χ1n) is 15.1. The number of fused-ring (bicyclic) bond motifs is 1. The maximum absolute atomic E-state index is 13.3. The van der Waals surface area contributed by atoms with Crippen molar-refractivity contribution in [2.75, 3.05) is 52.2 Å². The Labute approximate surface area is 251 Å². The first kappa shape index (κ1) is 30.3. The monoisotopic (exact) mass is 593 g/mol. The fraction of sp³-hybridized carbons (Fsp3) is 0.567. The van der Waals surface area contributed by atoms with Crippen LogP contribution in [0.5, 0.6) is 5.75 Å². The van der Waals surface area contributed by atoms with Crippen LogP contribution in [0.3, 0.4) is 0 Å². The molecule has 5 rings (SSSR count). The molecular weight excluding hydrogens is 550 g/mol. The summed E-state index contributed by atoms with van der Waals surface area (Å²) in [6.45, 7) is 8.91. The van der Waals surface area contributed by atoms with Crippen molar-refractivity contribution in [3.05, 3.63) is 35.2 Å². The second-order valence-electron chi connectivity index (χ2n) is 11.9. The maximum atomic E-state index is 13.3. The number of nitrogens with one attached hydrogen (secondary N) is 2. The lowest BCUT2D eigenvalue weighted by atomic mass is 9.72. The number of anilines is 1. The minimum atomic E-state index is -0.606. The van der Waals surface area contributed by atoms with E-state index in [1.807, 2.05) is 23.3 Å². The van der Waals surface area contributed by atoms with Crippen LogP contribution in [0.1, 0.15) is 65.6 Å². The van der Waals surface area contributed by atoms with Crippen LogP contribution >= 0.6 is 0 Å². The van der Waals surface area contributed by atoms with E-state index in [1.165, 1.54) is 13.5 Å². The number of primary amides is 1. The summed E-state index contributed by atoms with van der Waals surface area (Å²) in [5.41, 5.74) is 8.27. The zero-order valence-corrected chi connectivity index (χ0v) is 25.6.